The lowest BCUT2D eigenvalue weighted by Gasteiger charge is -2.26. The molecule has 2 unspecified atom stereocenters. The third-order valence-corrected chi connectivity index (χ3v) is 3.73. The van der Waals surface area contributed by atoms with Gasteiger partial charge < -0.3 is 4.90 Å². The van der Waals surface area contributed by atoms with E-state index in [1.165, 1.54) is 38.5 Å². The van der Waals surface area contributed by atoms with Gasteiger partial charge in [0.2, 0.25) is 5.91 Å². The summed E-state index contributed by atoms with van der Waals surface area (Å²) in [6, 6.07) is 0.941. The van der Waals surface area contributed by atoms with Crippen LogP contribution in [-0.2, 0) is 4.79 Å². The predicted octanol–water partition coefficient (Wildman–Crippen LogP) is 3.75. The van der Waals surface area contributed by atoms with Crippen molar-refractivity contribution in [1.82, 2.24) is 4.90 Å². The smallest absolute Gasteiger partial charge is 0.223 e. The molecule has 0 aromatic rings. The lowest BCUT2D eigenvalue weighted by atomic mass is 10.1. The summed E-state index contributed by atoms with van der Waals surface area (Å²) in [5, 5.41) is 0. The average molecular weight is 225 g/mol. The Balaban J connectivity index is 2.19. The molecule has 16 heavy (non-hydrogen) atoms. The monoisotopic (exact) mass is 225 g/mol. The standard InChI is InChI=1S/C14H27NO/c1-4-5-6-7-8-9-14(16)15-12(2)10-11-13(15)3/h12-13H,4-11H2,1-3H3. The van der Waals surface area contributed by atoms with Crippen LogP contribution in [0.25, 0.3) is 0 Å². The summed E-state index contributed by atoms with van der Waals surface area (Å²) in [6.45, 7) is 6.58. The van der Waals surface area contributed by atoms with E-state index in [9.17, 15) is 4.79 Å². The minimum absolute atomic E-state index is 0.383. The van der Waals surface area contributed by atoms with Crippen molar-refractivity contribution in [3.05, 3.63) is 0 Å². The average Bonchev–Trinajstić information content (AvgIpc) is 2.58. The van der Waals surface area contributed by atoms with Gasteiger partial charge in [-0.05, 0) is 33.1 Å². The van der Waals surface area contributed by atoms with Gasteiger partial charge in [0.15, 0.2) is 0 Å². The number of amides is 1. The van der Waals surface area contributed by atoms with Gasteiger partial charge in [-0.15, -0.1) is 0 Å². The Morgan fingerprint density at radius 1 is 1.06 bits per heavy atom. The molecular weight excluding hydrogens is 198 g/mol. The fourth-order valence-electron chi connectivity index (χ4n) is 2.70. The largest absolute Gasteiger partial charge is 0.337 e. The highest BCUT2D eigenvalue weighted by atomic mass is 16.2. The molecule has 1 aliphatic rings. The fraction of sp³-hybridized carbons (Fsp3) is 0.929. The lowest BCUT2D eigenvalue weighted by molar-refractivity contribution is -0.133. The fourth-order valence-corrected chi connectivity index (χ4v) is 2.70. The van der Waals surface area contributed by atoms with Crippen LogP contribution < -0.4 is 0 Å². The zero-order valence-electron chi connectivity index (χ0n) is 11.2. The second kappa shape index (κ2) is 6.93. The van der Waals surface area contributed by atoms with E-state index in [-0.39, 0.29) is 0 Å². The van der Waals surface area contributed by atoms with Gasteiger partial charge in [0.1, 0.15) is 0 Å². The summed E-state index contributed by atoms with van der Waals surface area (Å²) in [5.41, 5.74) is 0. The molecule has 0 N–H and O–H groups in total. The van der Waals surface area contributed by atoms with Crippen molar-refractivity contribution >= 4 is 5.91 Å². The molecule has 0 aromatic carbocycles. The topological polar surface area (TPSA) is 20.3 Å². The van der Waals surface area contributed by atoms with Crippen molar-refractivity contribution in [3.63, 3.8) is 0 Å². The van der Waals surface area contributed by atoms with Crippen LogP contribution in [0.3, 0.4) is 0 Å². The van der Waals surface area contributed by atoms with Gasteiger partial charge in [0.05, 0.1) is 0 Å². The van der Waals surface area contributed by atoms with Gasteiger partial charge in [-0.3, -0.25) is 4.79 Å². The summed E-state index contributed by atoms with van der Waals surface area (Å²) >= 11 is 0. The first-order valence-corrected chi connectivity index (χ1v) is 6.98. The Morgan fingerprint density at radius 2 is 1.62 bits per heavy atom. The normalized spacial score (nSPS) is 25.1. The van der Waals surface area contributed by atoms with Gasteiger partial charge in [-0.1, -0.05) is 32.6 Å². The lowest BCUT2D eigenvalue weighted by Crippen LogP contribution is -2.38. The van der Waals surface area contributed by atoms with Crippen molar-refractivity contribution < 1.29 is 4.79 Å². The summed E-state index contributed by atoms with van der Waals surface area (Å²) in [7, 11) is 0. The van der Waals surface area contributed by atoms with E-state index in [1.807, 2.05) is 0 Å². The maximum atomic E-state index is 12.0. The van der Waals surface area contributed by atoms with Crippen LogP contribution in [0.5, 0.6) is 0 Å². The van der Waals surface area contributed by atoms with Gasteiger partial charge in [0, 0.05) is 18.5 Å². The van der Waals surface area contributed by atoms with Crippen LogP contribution in [0.2, 0.25) is 0 Å². The second-order valence-electron chi connectivity index (χ2n) is 5.24. The van der Waals surface area contributed by atoms with Crippen LogP contribution in [0.1, 0.15) is 72.1 Å². The van der Waals surface area contributed by atoms with Crippen LogP contribution in [0, 0.1) is 0 Å². The Bertz CT molecular complexity index is 205. The Hall–Kier alpha value is -0.530. The quantitative estimate of drug-likeness (QED) is 0.630. The summed E-state index contributed by atoms with van der Waals surface area (Å²) < 4.78 is 0. The zero-order valence-corrected chi connectivity index (χ0v) is 11.2. The number of hydrogen-bond donors (Lipinski definition) is 0. The van der Waals surface area contributed by atoms with Crippen LogP contribution >= 0.6 is 0 Å². The number of hydrogen-bond acceptors (Lipinski definition) is 1. The Morgan fingerprint density at radius 3 is 2.19 bits per heavy atom. The number of carbonyl (C=O) groups is 1. The molecule has 0 spiro atoms. The van der Waals surface area contributed by atoms with Crippen molar-refractivity contribution in [2.45, 2.75) is 84.2 Å². The van der Waals surface area contributed by atoms with Crippen molar-refractivity contribution in [2.24, 2.45) is 0 Å². The molecule has 1 amide bonds. The van der Waals surface area contributed by atoms with Crippen LogP contribution in [0.15, 0.2) is 0 Å². The van der Waals surface area contributed by atoms with Crippen molar-refractivity contribution in [1.29, 1.82) is 0 Å². The minimum Gasteiger partial charge on any atom is -0.337 e. The molecule has 0 saturated carbocycles. The highest BCUT2D eigenvalue weighted by molar-refractivity contribution is 5.77. The molecule has 1 heterocycles. The maximum absolute atomic E-state index is 12.0. The Labute approximate surface area is 100 Å². The molecule has 0 aliphatic carbocycles. The molecule has 0 bridgehead atoms. The first-order valence-electron chi connectivity index (χ1n) is 6.98. The molecular formula is C14H27NO. The third-order valence-electron chi connectivity index (χ3n) is 3.73. The minimum atomic E-state index is 0.383. The number of carbonyl (C=O) groups excluding carboxylic acids is 1. The predicted molar refractivity (Wildman–Crippen MR) is 68.4 cm³/mol. The number of rotatable bonds is 6. The van der Waals surface area contributed by atoms with E-state index < -0.39 is 0 Å². The van der Waals surface area contributed by atoms with E-state index in [0.717, 1.165) is 12.8 Å². The molecule has 94 valence electrons. The molecule has 2 atom stereocenters. The second-order valence-corrected chi connectivity index (χ2v) is 5.24. The van der Waals surface area contributed by atoms with Gasteiger partial charge >= 0.3 is 0 Å². The van der Waals surface area contributed by atoms with Crippen LogP contribution in [-0.4, -0.2) is 22.9 Å². The highest BCUT2D eigenvalue weighted by Gasteiger charge is 2.30. The molecule has 0 radical (unpaired) electrons. The van der Waals surface area contributed by atoms with Gasteiger partial charge in [-0.25, -0.2) is 0 Å². The zero-order chi connectivity index (χ0) is 12.0. The first kappa shape index (κ1) is 13.5. The molecule has 1 rings (SSSR count). The van der Waals surface area contributed by atoms with Crippen molar-refractivity contribution in [3.8, 4) is 0 Å². The number of likely N-dealkylation sites (tertiary alicyclic amines) is 1. The third kappa shape index (κ3) is 3.80. The van der Waals surface area contributed by atoms with E-state index >= 15 is 0 Å². The van der Waals surface area contributed by atoms with E-state index in [4.69, 9.17) is 0 Å². The van der Waals surface area contributed by atoms with Crippen LogP contribution in [0.4, 0.5) is 0 Å². The molecule has 2 nitrogen and oxygen atoms in total. The van der Waals surface area contributed by atoms with E-state index in [0.29, 0.717) is 18.0 Å². The Kier molecular flexibility index (Phi) is 5.86. The number of unbranched alkanes of at least 4 members (excludes halogenated alkanes) is 4. The van der Waals surface area contributed by atoms with Gasteiger partial charge in [0.25, 0.3) is 0 Å². The molecule has 2 heteroatoms. The maximum Gasteiger partial charge on any atom is 0.223 e. The number of nitrogens with zero attached hydrogens (tertiary/aromatic N) is 1. The van der Waals surface area contributed by atoms with Gasteiger partial charge in [-0.2, -0.15) is 0 Å². The summed E-state index contributed by atoms with van der Waals surface area (Å²) in [5.74, 6) is 0.383. The van der Waals surface area contributed by atoms with E-state index in [1.54, 1.807) is 0 Å². The SMILES string of the molecule is CCCCCCCC(=O)N1C(C)CCC1C. The van der Waals surface area contributed by atoms with E-state index in [2.05, 4.69) is 25.7 Å². The summed E-state index contributed by atoms with van der Waals surface area (Å²) in [6.07, 6.45) is 9.29. The summed E-state index contributed by atoms with van der Waals surface area (Å²) in [4.78, 5) is 14.1. The van der Waals surface area contributed by atoms with Crippen molar-refractivity contribution in [2.75, 3.05) is 0 Å². The molecule has 1 saturated heterocycles. The highest BCUT2D eigenvalue weighted by Crippen LogP contribution is 2.24. The molecule has 1 fully saturated rings. The first-order chi connectivity index (χ1) is 7.66. The molecule has 0 aromatic heterocycles. The molecule has 1 aliphatic heterocycles.